The summed E-state index contributed by atoms with van der Waals surface area (Å²) in [6.45, 7) is 2.91. The Morgan fingerprint density at radius 3 is 2.66 bits per heavy atom. The molecule has 0 radical (unpaired) electrons. The lowest BCUT2D eigenvalue weighted by atomic mass is 9.64. The molecule has 0 fully saturated rings. The Kier molecular flexibility index (Phi) is 4.29. The molecular weight excluding hydrogens is 376 g/mol. The number of para-hydroxylation sites is 1. The molecule has 4 rings (SSSR count). The SMILES string of the molecule is CCOC(=O)C1=C(N)OC2=C(C(=O)CCC2)[C@@]12C(=O)N(C(C)=O)c1ccccc12. The number of carbonyl (C=O) groups is 4. The number of ether oxygens (including phenoxy) is 2. The van der Waals surface area contributed by atoms with Crippen LogP contribution in [0.25, 0.3) is 0 Å². The zero-order valence-corrected chi connectivity index (χ0v) is 16.1. The summed E-state index contributed by atoms with van der Waals surface area (Å²) >= 11 is 0. The van der Waals surface area contributed by atoms with Crippen LogP contribution in [-0.2, 0) is 34.1 Å². The number of carbonyl (C=O) groups excluding carboxylic acids is 4. The number of ketones is 1. The highest BCUT2D eigenvalue weighted by Gasteiger charge is 2.64. The molecule has 1 aromatic carbocycles. The van der Waals surface area contributed by atoms with Gasteiger partial charge >= 0.3 is 5.97 Å². The van der Waals surface area contributed by atoms with E-state index >= 15 is 0 Å². The van der Waals surface area contributed by atoms with Crippen molar-refractivity contribution in [3.8, 4) is 0 Å². The van der Waals surface area contributed by atoms with Gasteiger partial charge in [-0.2, -0.15) is 0 Å². The van der Waals surface area contributed by atoms with Gasteiger partial charge in [-0.3, -0.25) is 14.4 Å². The first-order valence-electron chi connectivity index (χ1n) is 9.42. The second-order valence-electron chi connectivity index (χ2n) is 7.06. The molecule has 2 aliphatic heterocycles. The van der Waals surface area contributed by atoms with Crippen molar-refractivity contribution < 1.29 is 28.7 Å². The fraction of sp³-hybridized carbons (Fsp3) is 0.333. The summed E-state index contributed by atoms with van der Waals surface area (Å²) in [7, 11) is 0. The van der Waals surface area contributed by atoms with E-state index in [0.29, 0.717) is 24.1 Å². The van der Waals surface area contributed by atoms with Crippen molar-refractivity contribution >= 4 is 29.3 Å². The molecule has 0 saturated heterocycles. The quantitative estimate of drug-likeness (QED) is 0.755. The zero-order valence-electron chi connectivity index (χ0n) is 16.1. The minimum atomic E-state index is -1.86. The van der Waals surface area contributed by atoms with Crippen molar-refractivity contribution in [1.29, 1.82) is 0 Å². The summed E-state index contributed by atoms with van der Waals surface area (Å²) in [6, 6.07) is 6.58. The average molecular weight is 396 g/mol. The summed E-state index contributed by atoms with van der Waals surface area (Å²) in [5, 5.41) is 0. The third-order valence-electron chi connectivity index (χ3n) is 5.46. The normalized spacial score (nSPS) is 23.2. The highest BCUT2D eigenvalue weighted by Crippen LogP contribution is 2.56. The van der Waals surface area contributed by atoms with Crippen LogP contribution in [0.15, 0.2) is 47.1 Å². The molecule has 1 atom stereocenters. The predicted molar refractivity (Wildman–Crippen MR) is 101 cm³/mol. The van der Waals surface area contributed by atoms with Gasteiger partial charge in [0.2, 0.25) is 11.8 Å². The van der Waals surface area contributed by atoms with Gasteiger partial charge in [-0.1, -0.05) is 18.2 Å². The number of hydrogen-bond acceptors (Lipinski definition) is 7. The zero-order chi connectivity index (χ0) is 20.9. The van der Waals surface area contributed by atoms with E-state index in [1.807, 2.05) is 0 Å². The van der Waals surface area contributed by atoms with E-state index < -0.39 is 23.2 Å². The summed E-state index contributed by atoms with van der Waals surface area (Å²) in [5.41, 5.74) is 4.73. The van der Waals surface area contributed by atoms with Crippen LogP contribution in [0.2, 0.25) is 0 Å². The molecule has 1 aliphatic carbocycles. The molecule has 3 aliphatic rings. The highest BCUT2D eigenvalue weighted by atomic mass is 16.5. The van der Waals surface area contributed by atoms with Gasteiger partial charge in [0.15, 0.2) is 5.78 Å². The number of anilines is 1. The van der Waals surface area contributed by atoms with Gasteiger partial charge in [-0.25, -0.2) is 9.69 Å². The fourth-order valence-electron chi connectivity index (χ4n) is 4.46. The summed E-state index contributed by atoms with van der Waals surface area (Å²) in [4.78, 5) is 53.2. The van der Waals surface area contributed by atoms with E-state index in [9.17, 15) is 19.2 Å². The lowest BCUT2D eigenvalue weighted by Crippen LogP contribution is -2.52. The Morgan fingerprint density at radius 2 is 1.97 bits per heavy atom. The number of imide groups is 1. The Balaban J connectivity index is 2.12. The number of nitrogens with zero attached hydrogens (tertiary/aromatic N) is 1. The van der Waals surface area contributed by atoms with Crippen molar-refractivity contribution in [2.45, 2.75) is 38.5 Å². The molecule has 8 heteroatoms. The fourth-order valence-corrected chi connectivity index (χ4v) is 4.46. The number of allylic oxidation sites excluding steroid dienone is 1. The standard InChI is InChI=1S/C21H20N2O6/c1-3-28-19(26)17-18(22)29-15-10-6-9-14(25)16(15)21(17)12-7-4-5-8-13(12)23(11(2)24)20(21)27/h4-5,7-8H,3,6,9-10,22H2,1-2H3/t21-/m1/s1. The number of Topliss-reactive ketones (excluding diaryl/α,β-unsaturated/α-hetero) is 1. The van der Waals surface area contributed by atoms with E-state index in [2.05, 4.69) is 0 Å². The Hall–Kier alpha value is -3.42. The molecule has 2 heterocycles. The van der Waals surface area contributed by atoms with Crippen LogP contribution in [0.4, 0.5) is 5.69 Å². The molecule has 29 heavy (non-hydrogen) atoms. The molecule has 0 aromatic heterocycles. The Bertz CT molecular complexity index is 1040. The minimum absolute atomic E-state index is 0.0395. The maximum Gasteiger partial charge on any atom is 0.341 e. The van der Waals surface area contributed by atoms with Crippen LogP contribution < -0.4 is 10.6 Å². The maximum atomic E-state index is 13.8. The second-order valence-corrected chi connectivity index (χ2v) is 7.06. The third kappa shape index (κ3) is 2.38. The first kappa shape index (κ1) is 18.9. The van der Waals surface area contributed by atoms with E-state index in [-0.39, 0.29) is 41.6 Å². The van der Waals surface area contributed by atoms with E-state index in [1.54, 1.807) is 31.2 Å². The number of fused-ring (bicyclic) bond motifs is 3. The minimum Gasteiger partial charge on any atom is -0.462 e. The Labute approximate surface area is 166 Å². The molecule has 0 unspecified atom stereocenters. The summed E-state index contributed by atoms with van der Waals surface area (Å²) < 4.78 is 10.8. The van der Waals surface area contributed by atoms with Crippen molar-refractivity contribution in [2.24, 2.45) is 5.73 Å². The van der Waals surface area contributed by atoms with E-state index in [0.717, 1.165) is 4.90 Å². The van der Waals surface area contributed by atoms with Gasteiger partial charge in [-0.15, -0.1) is 0 Å². The molecule has 2 N–H and O–H groups in total. The number of amides is 2. The van der Waals surface area contributed by atoms with Crippen LogP contribution in [0.3, 0.4) is 0 Å². The van der Waals surface area contributed by atoms with Crippen LogP contribution in [0, 0.1) is 0 Å². The number of esters is 1. The lowest BCUT2D eigenvalue weighted by Gasteiger charge is -2.38. The number of hydrogen-bond donors (Lipinski definition) is 1. The second kappa shape index (κ2) is 6.58. The van der Waals surface area contributed by atoms with Gasteiger partial charge in [0, 0.05) is 25.3 Å². The monoisotopic (exact) mass is 396 g/mol. The van der Waals surface area contributed by atoms with Gasteiger partial charge in [0.05, 0.1) is 17.9 Å². The molecule has 1 spiro atoms. The smallest absolute Gasteiger partial charge is 0.341 e. The first-order valence-corrected chi connectivity index (χ1v) is 9.42. The molecular formula is C21H20N2O6. The van der Waals surface area contributed by atoms with Crippen molar-refractivity contribution in [3.05, 3.63) is 52.6 Å². The lowest BCUT2D eigenvalue weighted by molar-refractivity contribution is -0.141. The van der Waals surface area contributed by atoms with E-state index in [1.165, 1.54) is 6.92 Å². The molecule has 0 bridgehead atoms. The number of benzene rings is 1. The van der Waals surface area contributed by atoms with Gasteiger partial charge in [0.25, 0.3) is 5.91 Å². The Morgan fingerprint density at radius 1 is 1.24 bits per heavy atom. The predicted octanol–water partition coefficient (Wildman–Crippen LogP) is 1.59. The van der Waals surface area contributed by atoms with E-state index in [4.69, 9.17) is 15.2 Å². The highest BCUT2D eigenvalue weighted by molar-refractivity contribution is 6.30. The van der Waals surface area contributed by atoms with Gasteiger partial charge in [-0.05, 0) is 19.4 Å². The van der Waals surface area contributed by atoms with Crippen molar-refractivity contribution in [3.63, 3.8) is 0 Å². The van der Waals surface area contributed by atoms with Crippen molar-refractivity contribution in [1.82, 2.24) is 0 Å². The van der Waals surface area contributed by atoms with Crippen LogP contribution in [0.1, 0.15) is 38.7 Å². The van der Waals surface area contributed by atoms with Gasteiger partial charge < -0.3 is 15.2 Å². The molecule has 2 amide bonds. The molecule has 0 saturated carbocycles. The van der Waals surface area contributed by atoms with Crippen LogP contribution in [0.5, 0.6) is 0 Å². The third-order valence-corrected chi connectivity index (χ3v) is 5.46. The molecule has 150 valence electrons. The number of nitrogens with two attached hydrogens (primary N) is 1. The van der Waals surface area contributed by atoms with Crippen LogP contribution in [-0.4, -0.2) is 30.2 Å². The molecule has 8 nitrogen and oxygen atoms in total. The first-order chi connectivity index (χ1) is 13.9. The largest absolute Gasteiger partial charge is 0.462 e. The average Bonchev–Trinajstić information content (AvgIpc) is 2.91. The topological polar surface area (TPSA) is 116 Å². The maximum absolute atomic E-state index is 13.8. The summed E-state index contributed by atoms with van der Waals surface area (Å²) in [6.07, 6.45) is 1.15. The summed E-state index contributed by atoms with van der Waals surface area (Å²) in [5.74, 6) is -2.44. The van der Waals surface area contributed by atoms with Crippen molar-refractivity contribution in [2.75, 3.05) is 11.5 Å². The molecule has 1 aromatic rings. The van der Waals surface area contributed by atoms with Crippen LogP contribution >= 0.6 is 0 Å². The number of rotatable bonds is 2. The van der Waals surface area contributed by atoms with Gasteiger partial charge in [0.1, 0.15) is 16.7 Å².